The molecule has 0 saturated carbocycles. The number of fused-ring (bicyclic) bond motifs is 6. The van der Waals surface area contributed by atoms with Crippen LogP contribution in [0.2, 0.25) is 0 Å². The summed E-state index contributed by atoms with van der Waals surface area (Å²) in [5.41, 5.74) is 11.8. The zero-order valence-corrected chi connectivity index (χ0v) is 30.7. The highest BCUT2D eigenvalue weighted by atomic mass is 15.1. The zero-order valence-electron chi connectivity index (χ0n) is 30.7. The van der Waals surface area contributed by atoms with Crippen LogP contribution in [-0.2, 0) is 0 Å². The Morgan fingerprint density at radius 2 is 0.768 bits per heavy atom. The lowest BCUT2D eigenvalue weighted by atomic mass is 10.00. The van der Waals surface area contributed by atoms with Crippen LogP contribution in [0.4, 0.5) is 17.1 Å². The SMILES string of the molecule is c1ccc(-c2ccc(N(c3ccc(-c4ccc5cc(-n6c7ccccc7c7cc8ccccc8cc76)ccc5c4)cc3)c3ccc4ccccc4c3)cc2)cc1. The molecule has 2 nitrogen and oxygen atoms in total. The van der Waals surface area contributed by atoms with Gasteiger partial charge in [-0.05, 0) is 127 Å². The molecular formula is C54H36N2. The molecule has 0 unspecified atom stereocenters. The van der Waals surface area contributed by atoms with Gasteiger partial charge < -0.3 is 9.47 Å². The smallest absolute Gasteiger partial charge is 0.0547 e. The van der Waals surface area contributed by atoms with Gasteiger partial charge in [0.2, 0.25) is 0 Å². The van der Waals surface area contributed by atoms with Gasteiger partial charge in [-0.2, -0.15) is 0 Å². The summed E-state index contributed by atoms with van der Waals surface area (Å²) < 4.78 is 2.42. The van der Waals surface area contributed by atoms with Crippen LogP contribution >= 0.6 is 0 Å². The molecule has 1 aromatic heterocycles. The van der Waals surface area contributed by atoms with Crippen LogP contribution in [-0.4, -0.2) is 4.57 Å². The Hall–Kier alpha value is -7.42. The molecule has 0 aliphatic heterocycles. The predicted molar refractivity (Wildman–Crippen MR) is 239 cm³/mol. The first-order valence-corrected chi connectivity index (χ1v) is 19.2. The quantitative estimate of drug-likeness (QED) is 0.167. The van der Waals surface area contributed by atoms with E-state index in [0.29, 0.717) is 0 Å². The molecule has 0 spiro atoms. The summed E-state index contributed by atoms with van der Waals surface area (Å²) in [7, 11) is 0. The molecule has 0 amide bonds. The molecule has 0 fully saturated rings. The number of aromatic nitrogens is 1. The summed E-state index contributed by atoms with van der Waals surface area (Å²) in [4.78, 5) is 2.35. The van der Waals surface area contributed by atoms with Gasteiger partial charge in [-0.25, -0.2) is 0 Å². The number of hydrogen-bond acceptors (Lipinski definition) is 1. The molecule has 0 aliphatic carbocycles. The largest absolute Gasteiger partial charge is 0.310 e. The fourth-order valence-electron chi connectivity index (χ4n) is 8.48. The Bertz CT molecular complexity index is 3230. The summed E-state index contributed by atoms with van der Waals surface area (Å²) in [6.45, 7) is 0. The van der Waals surface area contributed by atoms with Gasteiger partial charge in [0.15, 0.2) is 0 Å². The van der Waals surface area contributed by atoms with Crippen molar-refractivity contribution in [3.8, 4) is 27.9 Å². The van der Waals surface area contributed by atoms with Crippen molar-refractivity contribution in [2.45, 2.75) is 0 Å². The Labute approximate surface area is 325 Å². The van der Waals surface area contributed by atoms with Gasteiger partial charge >= 0.3 is 0 Å². The van der Waals surface area contributed by atoms with Gasteiger partial charge in [0.1, 0.15) is 0 Å². The van der Waals surface area contributed by atoms with E-state index in [1.807, 2.05) is 0 Å². The molecule has 10 aromatic carbocycles. The molecular weight excluding hydrogens is 677 g/mol. The first-order chi connectivity index (χ1) is 27.7. The van der Waals surface area contributed by atoms with Crippen LogP contribution in [0, 0.1) is 0 Å². The number of para-hydroxylation sites is 1. The van der Waals surface area contributed by atoms with Crippen molar-refractivity contribution in [3.05, 3.63) is 218 Å². The molecule has 2 heteroatoms. The number of hydrogen-bond donors (Lipinski definition) is 0. The summed E-state index contributed by atoms with van der Waals surface area (Å²) in [6, 6.07) is 79.5. The zero-order chi connectivity index (χ0) is 37.0. The van der Waals surface area contributed by atoms with Gasteiger partial charge in [-0.3, -0.25) is 0 Å². The second-order valence-electron chi connectivity index (χ2n) is 14.6. The summed E-state index contributed by atoms with van der Waals surface area (Å²) in [5, 5.41) is 9.96. The minimum atomic E-state index is 1.11. The molecule has 1 heterocycles. The Kier molecular flexibility index (Phi) is 7.53. The number of benzene rings is 10. The van der Waals surface area contributed by atoms with Crippen molar-refractivity contribution < 1.29 is 0 Å². The van der Waals surface area contributed by atoms with Crippen LogP contribution in [0.25, 0.3) is 82.1 Å². The summed E-state index contributed by atoms with van der Waals surface area (Å²) >= 11 is 0. The first kappa shape index (κ1) is 32.0. The minimum Gasteiger partial charge on any atom is -0.310 e. The molecule has 11 aromatic rings. The van der Waals surface area contributed by atoms with Gasteiger partial charge in [0.05, 0.1) is 11.0 Å². The van der Waals surface area contributed by atoms with E-state index < -0.39 is 0 Å². The molecule has 0 aliphatic rings. The normalized spacial score (nSPS) is 11.6. The van der Waals surface area contributed by atoms with E-state index in [0.717, 1.165) is 17.1 Å². The van der Waals surface area contributed by atoms with Gasteiger partial charge in [0.25, 0.3) is 0 Å². The minimum absolute atomic E-state index is 1.11. The van der Waals surface area contributed by atoms with Crippen LogP contribution in [0.15, 0.2) is 218 Å². The van der Waals surface area contributed by atoms with Crippen molar-refractivity contribution in [1.82, 2.24) is 4.57 Å². The van der Waals surface area contributed by atoms with Crippen LogP contribution in [0.1, 0.15) is 0 Å². The van der Waals surface area contributed by atoms with E-state index in [2.05, 4.69) is 228 Å². The highest BCUT2D eigenvalue weighted by Crippen LogP contribution is 2.39. The third-order valence-electron chi connectivity index (χ3n) is 11.3. The third-order valence-corrected chi connectivity index (χ3v) is 11.3. The standard InChI is InChI=1S/C54H36N2/c1-2-10-37(11-3-1)39-20-26-47(27-21-39)55(49-30-24-38-12-4-5-13-41(38)33-49)48-28-22-40(23-29-48)44-18-19-46-34-50(31-25-45(46)32-44)56-53-17-9-8-16-51(53)52-35-42-14-6-7-15-43(42)36-54(52)56/h1-36H. The maximum atomic E-state index is 2.42. The fraction of sp³-hybridized carbons (Fsp3) is 0. The monoisotopic (exact) mass is 712 g/mol. The molecule has 0 saturated heterocycles. The van der Waals surface area contributed by atoms with Crippen LogP contribution < -0.4 is 4.90 Å². The number of rotatable bonds is 6. The summed E-state index contributed by atoms with van der Waals surface area (Å²) in [5.74, 6) is 0. The lowest BCUT2D eigenvalue weighted by molar-refractivity contribution is 1.19. The number of nitrogens with zero attached hydrogens (tertiary/aromatic N) is 2. The molecule has 56 heavy (non-hydrogen) atoms. The Morgan fingerprint density at radius 3 is 1.52 bits per heavy atom. The van der Waals surface area contributed by atoms with Crippen molar-refractivity contribution >= 4 is 71.2 Å². The fourth-order valence-corrected chi connectivity index (χ4v) is 8.48. The maximum absolute atomic E-state index is 2.42. The van der Waals surface area contributed by atoms with Crippen molar-refractivity contribution in [1.29, 1.82) is 0 Å². The highest BCUT2D eigenvalue weighted by molar-refractivity contribution is 6.13. The van der Waals surface area contributed by atoms with E-state index in [1.165, 1.54) is 82.1 Å². The maximum Gasteiger partial charge on any atom is 0.0547 e. The molecule has 0 atom stereocenters. The van der Waals surface area contributed by atoms with E-state index in [9.17, 15) is 0 Å². The van der Waals surface area contributed by atoms with E-state index in [1.54, 1.807) is 0 Å². The second-order valence-corrected chi connectivity index (χ2v) is 14.6. The van der Waals surface area contributed by atoms with E-state index in [-0.39, 0.29) is 0 Å². The number of anilines is 3. The molecule has 0 radical (unpaired) electrons. The molecule has 0 bridgehead atoms. The van der Waals surface area contributed by atoms with Crippen molar-refractivity contribution in [2.24, 2.45) is 0 Å². The van der Waals surface area contributed by atoms with Gasteiger partial charge in [-0.15, -0.1) is 0 Å². The van der Waals surface area contributed by atoms with E-state index in [4.69, 9.17) is 0 Å². The summed E-state index contributed by atoms with van der Waals surface area (Å²) in [6.07, 6.45) is 0. The van der Waals surface area contributed by atoms with Gasteiger partial charge in [0, 0.05) is 33.5 Å². The lowest BCUT2D eigenvalue weighted by Gasteiger charge is -2.26. The first-order valence-electron chi connectivity index (χ1n) is 19.2. The van der Waals surface area contributed by atoms with Crippen LogP contribution in [0.3, 0.4) is 0 Å². The topological polar surface area (TPSA) is 8.17 Å². The Balaban J connectivity index is 0.953. The molecule has 262 valence electrons. The van der Waals surface area contributed by atoms with Gasteiger partial charge in [-0.1, -0.05) is 146 Å². The molecule has 11 rings (SSSR count). The lowest BCUT2D eigenvalue weighted by Crippen LogP contribution is -2.09. The average Bonchev–Trinajstić information content (AvgIpc) is 3.59. The second kappa shape index (κ2) is 13.2. The van der Waals surface area contributed by atoms with Crippen LogP contribution in [0.5, 0.6) is 0 Å². The average molecular weight is 713 g/mol. The third kappa shape index (κ3) is 5.51. The van der Waals surface area contributed by atoms with Crippen molar-refractivity contribution in [3.63, 3.8) is 0 Å². The van der Waals surface area contributed by atoms with E-state index >= 15 is 0 Å². The molecule has 0 N–H and O–H groups in total. The predicted octanol–water partition coefficient (Wildman–Crippen LogP) is 15.0. The van der Waals surface area contributed by atoms with Crippen molar-refractivity contribution in [2.75, 3.05) is 4.90 Å². The highest BCUT2D eigenvalue weighted by Gasteiger charge is 2.16. The Morgan fingerprint density at radius 1 is 0.268 bits per heavy atom.